The molecular formula is C21H25ClN6O. The Balaban J connectivity index is 1.30. The predicted octanol–water partition coefficient (Wildman–Crippen LogP) is 3.49. The lowest BCUT2D eigenvalue weighted by Crippen LogP contribution is -2.20. The van der Waals surface area contributed by atoms with Crippen molar-refractivity contribution in [3.63, 3.8) is 0 Å². The number of hydrogen-bond acceptors (Lipinski definition) is 6. The fourth-order valence-corrected chi connectivity index (χ4v) is 3.70. The van der Waals surface area contributed by atoms with Gasteiger partial charge < -0.3 is 9.64 Å². The molecule has 0 aliphatic carbocycles. The summed E-state index contributed by atoms with van der Waals surface area (Å²) in [6, 6.07) is 9.52. The van der Waals surface area contributed by atoms with Gasteiger partial charge in [-0.25, -0.2) is 9.97 Å². The van der Waals surface area contributed by atoms with Crippen molar-refractivity contribution >= 4 is 17.5 Å². The van der Waals surface area contributed by atoms with Crippen LogP contribution < -0.4 is 9.64 Å². The first-order chi connectivity index (χ1) is 14.1. The maximum atomic E-state index is 6.00. The highest BCUT2D eigenvalue weighted by molar-refractivity contribution is 6.30. The number of benzene rings is 1. The summed E-state index contributed by atoms with van der Waals surface area (Å²) < 4.78 is 5.79. The van der Waals surface area contributed by atoms with Gasteiger partial charge in [-0.15, -0.1) is 0 Å². The number of halogens is 1. The van der Waals surface area contributed by atoms with Gasteiger partial charge >= 0.3 is 0 Å². The van der Waals surface area contributed by atoms with Crippen molar-refractivity contribution < 1.29 is 4.74 Å². The van der Waals surface area contributed by atoms with E-state index in [4.69, 9.17) is 16.3 Å². The third-order valence-corrected chi connectivity index (χ3v) is 5.26. The van der Waals surface area contributed by atoms with Crippen molar-refractivity contribution in [1.82, 2.24) is 25.1 Å². The molecule has 1 fully saturated rings. The van der Waals surface area contributed by atoms with Crippen molar-refractivity contribution in [1.29, 1.82) is 0 Å². The Labute approximate surface area is 175 Å². The molecule has 1 unspecified atom stereocenters. The molecule has 29 heavy (non-hydrogen) atoms. The molecule has 0 saturated carbocycles. The molecule has 1 N–H and O–H groups in total. The second-order valence-electron chi connectivity index (χ2n) is 7.57. The summed E-state index contributed by atoms with van der Waals surface area (Å²) in [7, 11) is 3.89. The molecule has 1 aliphatic heterocycles. The lowest BCUT2D eigenvalue weighted by molar-refractivity contribution is 0.301. The van der Waals surface area contributed by atoms with Gasteiger partial charge in [0, 0.05) is 56.1 Å². The average Bonchev–Trinajstić information content (AvgIpc) is 3.36. The van der Waals surface area contributed by atoms with Crippen molar-refractivity contribution in [2.45, 2.75) is 25.5 Å². The van der Waals surface area contributed by atoms with Crippen molar-refractivity contribution in [2.75, 3.05) is 32.1 Å². The molecule has 2 aromatic heterocycles. The fraction of sp³-hybridized carbons (Fsp3) is 0.381. The standard InChI is InChI=1S/C21H25ClN6O/c1-27(2)21-23-10-15(11-24-21)12-28-7-6-16(13-28)20-9-18(25-26-20)14-29-19-5-3-4-17(22)8-19/h3-5,8-11,16H,6-7,12-14H2,1-2H3,(H,25,26). The highest BCUT2D eigenvalue weighted by Gasteiger charge is 2.26. The van der Waals surface area contributed by atoms with Gasteiger partial charge in [-0.3, -0.25) is 10.00 Å². The van der Waals surface area contributed by atoms with Crippen molar-refractivity contribution in [3.8, 4) is 5.75 Å². The van der Waals surface area contributed by atoms with E-state index < -0.39 is 0 Å². The first-order valence-electron chi connectivity index (χ1n) is 9.70. The number of rotatable bonds is 7. The predicted molar refractivity (Wildman–Crippen MR) is 113 cm³/mol. The number of aromatic nitrogens is 4. The van der Waals surface area contributed by atoms with E-state index in [0.29, 0.717) is 17.5 Å². The number of hydrogen-bond donors (Lipinski definition) is 1. The van der Waals surface area contributed by atoms with E-state index in [1.165, 1.54) is 0 Å². The molecule has 4 rings (SSSR count). The van der Waals surface area contributed by atoms with Gasteiger partial charge in [0.25, 0.3) is 0 Å². The maximum Gasteiger partial charge on any atom is 0.224 e. The summed E-state index contributed by atoms with van der Waals surface area (Å²) in [5.41, 5.74) is 3.19. The zero-order valence-corrected chi connectivity index (χ0v) is 17.4. The summed E-state index contributed by atoms with van der Waals surface area (Å²) in [6.07, 6.45) is 4.92. The van der Waals surface area contributed by atoms with Crippen LogP contribution in [0, 0.1) is 0 Å². The Morgan fingerprint density at radius 2 is 2.07 bits per heavy atom. The minimum atomic E-state index is 0.424. The van der Waals surface area contributed by atoms with E-state index in [9.17, 15) is 0 Å². The minimum absolute atomic E-state index is 0.424. The van der Waals surface area contributed by atoms with Gasteiger partial charge in [-0.1, -0.05) is 17.7 Å². The van der Waals surface area contributed by atoms with E-state index >= 15 is 0 Å². The largest absolute Gasteiger partial charge is 0.487 e. The Bertz CT molecular complexity index is 942. The summed E-state index contributed by atoms with van der Waals surface area (Å²) in [6.45, 7) is 3.33. The zero-order valence-electron chi connectivity index (χ0n) is 16.7. The third-order valence-electron chi connectivity index (χ3n) is 5.03. The van der Waals surface area contributed by atoms with Gasteiger partial charge in [-0.05, 0) is 37.2 Å². The van der Waals surface area contributed by atoms with Crippen LogP contribution in [0.1, 0.15) is 29.3 Å². The molecule has 8 heteroatoms. The van der Waals surface area contributed by atoms with Crippen molar-refractivity contribution in [3.05, 3.63) is 64.7 Å². The zero-order chi connectivity index (χ0) is 20.2. The van der Waals surface area contributed by atoms with E-state index in [1.807, 2.05) is 55.7 Å². The lowest BCUT2D eigenvalue weighted by Gasteiger charge is -2.16. The van der Waals surface area contributed by atoms with Crippen LogP contribution in [0.4, 0.5) is 5.95 Å². The quantitative estimate of drug-likeness (QED) is 0.640. The molecule has 0 radical (unpaired) electrons. The van der Waals surface area contributed by atoms with Crippen LogP contribution >= 0.6 is 11.6 Å². The Morgan fingerprint density at radius 3 is 2.83 bits per heavy atom. The Hall–Kier alpha value is -2.64. The summed E-state index contributed by atoms with van der Waals surface area (Å²) in [5.74, 6) is 1.91. The van der Waals surface area contributed by atoms with Crippen LogP contribution in [0.15, 0.2) is 42.7 Å². The number of aromatic amines is 1. The van der Waals surface area contributed by atoms with Crippen LogP contribution in [-0.2, 0) is 13.2 Å². The summed E-state index contributed by atoms with van der Waals surface area (Å²) in [5, 5.41) is 8.28. The first-order valence-corrected chi connectivity index (χ1v) is 10.1. The van der Waals surface area contributed by atoms with Crippen LogP contribution in [0.2, 0.25) is 5.02 Å². The van der Waals surface area contributed by atoms with Crippen molar-refractivity contribution in [2.24, 2.45) is 0 Å². The van der Waals surface area contributed by atoms with E-state index in [2.05, 4.69) is 31.1 Å². The average molecular weight is 413 g/mol. The second kappa shape index (κ2) is 8.80. The third kappa shape index (κ3) is 5.05. The normalized spacial score (nSPS) is 16.9. The molecule has 152 valence electrons. The number of anilines is 1. The minimum Gasteiger partial charge on any atom is -0.487 e. The molecule has 1 saturated heterocycles. The number of nitrogens with zero attached hydrogens (tertiary/aromatic N) is 5. The van der Waals surface area contributed by atoms with Gasteiger partial charge in [0.1, 0.15) is 12.4 Å². The number of ether oxygens (including phenoxy) is 1. The molecule has 1 aliphatic rings. The van der Waals surface area contributed by atoms with Crippen LogP contribution in [0.5, 0.6) is 5.75 Å². The smallest absolute Gasteiger partial charge is 0.224 e. The highest BCUT2D eigenvalue weighted by atomic mass is 35.5. The van der Waals surface area contributed by atoms with Crippen LogP contribution in [0.25, 0.3) is 0 Å². The Kier molecular flexibility index (Phi) is 5.97. The van der Waals surface area contributed by atoms with Gasteiger partial charge in [0.2, 0.25) is 5.95 Å². The fourth-order valence-electron chi connectivity index (χ4n) is 3.52. The summed E-state index contributed by atoms with van der Waals surface area (Å²) >= 11 is 6.00. The second-order valence-corrected chi connectivity index (χ2v) is 8.01. The van der Waals surface area contributed by atoms with E-state index in [-0.39, 0.29) is 0 Å². The molecule has 7 nitrogen and oxygen atoms in total. The SMILES string of the molecule is CN(C)c1ncc(CN2CCC(c3cc(COc4cccc(Cl)c4)[nH]n3)C2)cn1. The van der Waals surface area contributed by atoms with Gasteiger partial charge in [-0.2, -0.15) is 5.10 Å². The molecule has 0 bridgehead atoms. The Morgan fingerprint density at radius 1 is 1.24 bits per heavy atom. The number of H-pyrrole nitrogens is 1. The first kappa shape index (κ1) is 19.7. The lowest BCUT2D eigenvalue weighted by atomic mass is 10.1. The molecule has 0 spiro atoms. The van der Waals surface area contributed by atoms with Crippen LogP contribution in [0.3, 0.4) is 0 Å². The number of likely N-dealkylation sites (tertiary alicyclic amines) is 1. The summed E-state index contributed by atoms with van der Waals surface area (Å²) in [4.78, 5) is 13.1. The monoisotopic (exact) mass is 412 g/mol. The molecule has 3 aromatic rings. The van der Waals surface area contributed by atoms with Gasteiger partial charge in [0.15, 0.2) is 0 Å². The molecule has 1 atom stereocenters. The van der Waals surface area contributed by atoms with Gasteiger partial charge in [0.05, 0.1) is 11.4 Å². The molecular weight excluding hydrogens is 388 g/mol. The molecule has 1 aromatic carbocycles. The van der Waals surface area contributed by atoms with Crippen LogP contribution in [-0.4, -0.2) is 52.3 Å². The van der Waals surface area contributed by atoms with E-state index in [0.717, 1.165) is 54.7 Å². The topological polar surface area (TPSA) is 70.2 Å². The number of nitrogens with one attached hydrogen (secondary N) is 1. The maximum absolute atomic E-state index is 6.00. The van der Waals surface area contributed by atoms with E-state index in [1.54, 1.807) is 0 Å². The molecule has 0 amide bonds. The molecule has 3 heterocycles. The highest BCUT2D eigenvalue weighted by Crippen LogP contribution is 2.27.